The molecule has 0 aliphatic carbocycles. The van der Waals surface area contributed by atoms with Crippen molar-refractivity contribution < 1.29 is 19.1 Å². The molecule has 1 heterocycles. The van der Waals surface area contributed by atoms with Crippen LogP contribution in [0.2, 0.25) is 0 Å². The smallest absolute Gasteiger partial charge is 0.326 e. The summed E-state index contributed by atoms with van der Waals surface area (Å²) < 4.78 is 5.10. The van der Waals surface area contributed by atoms with Crippen LogP contribution in [0.25, 0.3) is 0 Å². The first kappa shape index (κ1) is 18.7. The van der Waals surface area contributed by atoms with Crippen molar-refractivity contribution >= 4 is 29.1 Å². The van der Waals surface area contributed by atoms with E-state index in [4.69, 9.17) is 4.74 Å². The van der Waals surface area contributed by atoms with Gasteiger partial charge < -0.3 is 15.0 Å². The van der Waals surface area contributed by atoms with Gasteiger partial charge in [-0.25, -0.2) is 0 Å². The molecule has 2 rings (SSSR count). The van der Waals surface area contributed by atoms with Crippen LogP contribution in [0, 0.1) is 0 Å². The monoisotopic (exact) mass is 360 g/mol. The predicted molar refractivity (Wildman–Crippen MR) is 95.1 cm³/mol. The van der Waals surface area contributed by atoms with Crippen LogP contribution in [0.5, 0.6) is 0 Å². The molecule has 2 amide bonds. The number of hydrogen-bond donors (Lipinski definition) is 1. The van der Waals surface area contributed by atoms with E-state index in [-0.39, 0.29) is 18.4 Å². The molecule has 0 bridgehead atoms. The van der Waals surface area contributed by atoms with Gasteiger partial charge in [0, 0.05) is 13.6 Å². The normalized spacial score (nSPS) is 11.4. The first-order chi connectivity index (χ1) is 12.0. The Balaban J connectivity index is 1.77. The molecule has 0 aliphatic heterocycles. The van der Waals surface area contributed by atoms with Gasteiger partial charge in [0.05, 0.1) is 4.88 Å². The molecule has 2 aromatic rings. The zero-order valence-corrected chi connectivity index (χ0v) is 14.9. The van der Waals surface area contributed by atoms with Crippen LogP contribution in [0.1, 0.15) is 22.2 Å². The Hall–Kier alpha value is -2.67. The summed E-state index contributed by atoms with van der Waals surface area (Å²) in [6, 6.07) is 12.9. The number of likely N-dealkylation sites (N-methyl/N-ethyl adjacent to an activating group) is 1. The summed E-state index contributed by atoms with van der Waals surface area (Å²) >= 11 is 1.28. The third-order valence-corrected chi connectivity index (χ3v) is 4.30. The van der Waals surface area contributed by atoms with E-state index in [1.807, 2.05) is 30.3 Å². The highest BCUT2D eigenvalue weighted by atomic mass is 32.1. The van der Waals surface area contributed by atoms with Gasteiger partial charge in [0.25, 0.3) is 11.8 Å². The van der Waals surface area contributed by atoms with Crippen LogP contribution in [-0.2, 0) is 20.9 Å². The van der Waals surface area contributed by atoms with Gasteiger partial charge in [-0.1, -0.05) is 36.4 Å². The van der Waals surface area contributed by atoms with Gasteiger partial charge in [-0.3, -0.25) is 14.4 Å². The van der Waals surface area contributed by atoms with E-state index in [1.165, 1.54) is 23.2 Å². The van der Waals surface area contributed by atoms with Gasteiger partial charge in [0.1, 0.15) is 6.54 Å². The Kier molecular flexibility index (Phi) is 6.71. The largest absolute Gasteiger partial charge is 0.451 e. The molecule has 0 aliphatic rings. The fourth-order valence-electron chi connectivity index (χ4n) is 2.18. The summed E-state index contributed by atoms with van der Waals surface area (Å²) in [7, 11) is 1.65. The first-order valence-electron chi connectivity index (χ1n) is 7.77. The zero-order chi connectivity index (χ0) is 18.2. The van der Waals surface area contributed by atoms with Gasteiger partial charge >= 0.3 is 5.97 Å². The molecule has 1 N–H and O–H groups in total. The molecule has 1 aromatic heterocycles. The fraction of sp³-hybridized carbons (Fsp3) is 0.278. The van der Waals surface area contributed by atoms with Crippen LogP contribution in [0.15, 0.2) is 47.8 Å². The number of hydrogen-bond acceptors (Lipinski definition) is 5. The SMILES string of the molecule is C[C@@H](OC(=O)CNC(=O)c1cccs1)C(=O)N(C)Cc1ccccc1. The van der Waals surface area contributed by atoms with Crippen molar-refractivity contribution in [1.82, 2.24) is 10.2 Å². The Morgan fingerprint density at radius 1 is 1.16 bits per heavy atom. The van der Waals surface area contributed by atoms with E-state index >= 15 is 0 Å². The van der Waals surface area contributed by atoms with E-state index in [1.54, 1.807) is 24.6 Å². The van der Waals surface area contributed by atoms with Gasteiger partial charge in [-0.15, -0.1) is 11.3 Å². The maximum Gasteiger partial charge on any atom is 0.326 e. The topological polar surface area (TPSA) is 75.7 Å². The van der Waals surface area contributed by atoms with Crippen molar-refractivity contribution in [1.29, 1.82) is 0 Å². The van der Waals surface area contributed by atoms with Gasteiger partial charge in [-0.2, -0.15) is 0 Å². The van der Waals surface area contributed by atoms with E-state index in [0.29, 0.717) is 11.4 Å². The number of amides is 2. The number of nitrogens with one attached hydrogen (secondary N) is 1. The number of ether oxygens (including phenoxy) is 1. The molecule has 132 valence electrons. The molecular weight excluding hydrogens is 340 g/mol. The van der Waals surface area contributed by atoms with Gasteiger partial charge in [0.2, 0.25) is 0 Å². The third kappa shape index (κ3) is 5.72. The van der Waals surface area contributed by atoms with Crippen molar-refractivity contribution in [2.45, 2.75) is 19.6 Å². The highest BCUT2D eigenvalue weighted by Gasteiger charge is 2.22. The average molecular weight is 360 g/mol. The van der Waals surface area contributed by atoms with Crippen molar-refractivity contribution in [3.8, 4) is 0 Å². The first-order valence-corrected chi connectivity index (χ1v) is 8.65. The maximum absolute atomic E-state index is 12.3. The molecule has 0 fully saturated rings. The molecule has 0 saturated heterocycles. The lowest BCUT2D eigenvalue weighted by Gasteiger charge is -2.21. The summed E-state index contributed by atoms with van der Waals surface area (Å²) in [5.74, 6) is -1.30. The lowest BCUT2D eigenvalue weighted by molar-refractivity contribution is -0.157. The van der Waals surface area contributed by atoms with E-state index in [0.717, 1.165) is 5.56 Å². The highest BCUT2D eigenvalue weighted by Crippen LogP contribution is 2.08. The van der Waals surface area contributed by atoms with Crippen LogP contribution in [0.4, 0.5) is 0 Å². The zero-order valence-electron chi connectivity index (χ0n) is 14.1. The Labute approximate surface area is 150 Å². The molecule has 0 saturated carbocycles. The van der Waals surface area contributed by atoms with Crippen molar-refractivity contribution in [2.24, 2.45) is 0 Å². The Morgan fingerprint density at radius 2 is 1.88 bits per heavy atom. The van der Waals surface area contributed by atoms with E-state index < -0.39 is 12.1 Å². The molecule has 0 unspecified atom stereocenters. The molecule has 0 radical (unpaired) electrons. The highest BCUT2D eigenvalue weighted by molar-refractivity contribution is 7.12. The number of thiophene rings is 1. The summed E-state index contributed by atoms with van der Waals surface area (Å²) in [6.07, 6.45) is -0.917. The second-order valence-corrected chi connectivity index (χ2v) is 6.42. The van der Waals surface area contributed by atoms with Crippen LogP contribution in [0.3, 0.4) is 0 Å². The van der Waals surface area contributed by atoms with Crippen LogP contribution in [-0.4, -0.2) is 42.4 Å². The second kappa shape index (κ2) is 8.98. The molecule has 0 spiro atoms. The van der Waals surface area contributed by atoms with Crippen LogP contribution < -0.4 is 5.32 Å². The summed E-state index contributed by atoms with van der Waals surface area (Å²) in [4.78, 5) is 37.8. The van der Waals surface area contributed by atoms with Crippen molar-refractivity contribution in [2.75, 3.05) is 13.6 Å². The summed E-state index contributed by atoms with van der Waals surface area (Å²) in [5, 5.41) is 4.24. The molecule has 25 heavy (non-hydrogen) atoms. The minimum atomic E-state index is -0.917. The Bertz CT molecular complexity index is 716. The van der Waals surface area contributed by atoms with Crippen molar-refractivity contribution in [3.05, 3.63) is 58.3 Å². The predicted octanol–water partition coefficient (Wildman–Crippen LogP) is 2.07. The minimum Gasteiger partial charge on any atom is -0.451 e. The lowest BCUT2D eigenvalue weighted by atomic mass is 10.2. The Morgan fingerprint density at radius 3 is 2.52 bits per heavy atom. The van der Waals surface area contributed by atoms with Gasteiger partial charge in [0.15, 0.2) is 6.10 Å². The van der Waals surface area contributed by atoms with Crippen molar-refractivity contribution in [3.63, 3.8) is 0 Å². The average Bonchev–Trinajstić information content (AvgIpc) is 3.14. The van der Waals surface area contributed by atoms with Crippen LogP contribution >= 0.6 is 11.3 Å². The quantitative estimate of drug-likeness (QED) is 0.767. The molecular formula is C18H20N2O4S. The lowest BCUT2D eigenvalue weighted by Crippen LogP contribution is -2.39. The number of benzene rings is 1. The summed E-state index contributed by atoms with van der Waals surface area (Å²) in [5.41, 5.74) is 0.986. The number of esters is 1. The number of carbonyl (C=O) groups is 3. The number of rotatable bonds is 7. The van der Waals surface area contributed by atoms with E-state index in [9.17, 15) is 14.4 Å². The standard InChI is InChI=1S/C18H20N2O4S/c1-13(18(23)20(2)12-14-7-4-3-5-8-14)24-16(21)11-19-17(22)15-9-6-10-25-15/h3-10,13H,11-12H2,1-2H3,(H,19,22)/t13-/m1/s1. The molecule has 1 aromatic carbocycles. The van der Waals surface area contributed by atoms with E-state index in [2.05, 4.69) is 5.32 Å². The summed E-state index contributed by atoms with van der Waals surface area (Å²) in [6.45, 7) is 1.66. The fourth-order valence-corrected chi connectivity index (χ4v) is 2.82. The molecule has 7 heteroatoms. The second-order valence-electron chi connectivity index (χ2n) is 5.47. The maximum atomic E-state index is 12.3. The third-order valence-electron chi connectivity index (χ3n) is 3.43. The van der Waals surface area contributed by atoms with Gasteiger partial charge in [-0.05, 0) is 23.9 Å². The molecule has 6 nitrogen and oxygen atoms in total. The number of nitrogens with zero attached hydrogens (tertiary/aromatic N) is 1. The number of carbonyl (C=O) groups excluding carboxylic acids is 3. The minimum absolute atomic E-state index is 0.281. The molecule has 1 atom stereocenters.